The second-order valence-electron chi connectivity index (χ2n) is 6.06. The molecule has 4 aromatic rings. The van der Waals surface area contributed by atoms with Crippen molar-refractivity contribution in [3.8, 4) is 10.4 Å². The van der Waals surface area contributed by atoms with Crippen molar-refractivity contribution in [1.29, 1.82) is 0 Å². The van der Waals surface area contributed by atoms with E-state index in [0.29, 0.717) is 17.8 Å². The van der Waals surface area contributed by atoms with Crippen molar-refractivity contribution >= 4 is 44.2 Å². The minimum absolute atomic E-state index is 0.0498. The lowest BCUT2D eigenvalue weighted by Crippen LogP contribution is -2.21. The molecular formula is C18H17N3OS3. The number of aryl methyl sites for hydroxylation is 1. The molecule has 0 saturated heterocycles. The third-order valence-corrected chi connectivity index (χ3v) is 6.59. The summed E-state index contributed by atoms with van der Waals surface area (Å²) in [5, 5.41) is 6.96. The maximum atomic E-state index is 12.7. The number of aromatic amines is 1. The average molecular weight is 388 g/mol. The summed E-state index contributed by atoms with van der Waals surface area (Å²) in [5.41, 5.74) is 2.22. The number of nitrogens with zero attached hydrogens (tertiary/aromatic N) is 2. The second kappa shape index (κ2) is 6.84. The Labute approximate surface area is 157 Å². The van der Waals surface area contributed by atoms with Crippen LogP contribution in [-0.2, 0) is 13.1 Å². The molecule has 0 amide bonds. The molecule has 4 rings (SSSR count). The van der Waals surface area contributed by atoms with E-state index in [2.05, 4.69) is 50.8 Å². The largest absolute Gasteiger partial charge is 0.309 e. The summed E-state index contributed by atoms with van der Waals surface area (Å²) in [7, 11) is 2.04. The van der Waals surface area contributed by atoms with Crippen molar-refractivity contribution in [2.24, 2.45) is 0 Å². The Balaban J connectivity index is 1.63. The van der Waals surface area contributed by atoms with Crippen LogP contribution in [0.25, 0.3) is 20.7 Å². The van der Waals surface area contributed by atoms with E-state index in [1.165, 1.54) is 21.8 Å². The van der Waals surface area contributed by atoms with Gasteiger partial charge in [0, 0.05) is 27.2 Å². The van der Waals surface area contributed by atoms with Crippen LogP contribution in [-0.4, -0.2) is 21.9 Å². The highest BCUT2D eigenvalue weighted by molar-refractivity contribution is 7.19. The SMILES string of the molecule is Cc1ccc(-c2csc3nc(CN(C)Cc4ccsc4)[nH]c(=O)c23)s1. The fourth-order valence-electron chi connectivity index (χ4n) is 2.83. The molecule has 1 N–H and O–H groups in total. The Morgan fingerprint density at radius 3 is 2.80 bits per heavy atom. The first-order valence-corrected chi connectivity index (χ1v) is 10.5. The molecule has 0 saturated carbocycles. The summed E-state index contributed by atoms with van der Waals surface area (Å²) in [4.78, 5) is 25.6. The Morgan fingerprint density at radius 2 is 2.08 bits per heavy atom. The number of rotatable bonds is 5. The molecule has 0 aromatic carbocycles. The quantitative estimate of drug-likeness (QED) is 0.539. The monoisotopic (exact) mass is 387 g/mol. The van der Waals surface area contributed by atoms with Crippen LogP contribution in [0.15, 0.2) is 39.1 Å². The third-order valence-electron chi connectivity index (χ3n) is 3.95. The van der Waals surface area contributed by atoms with E-state index in [9.17, 15) is 4.79 Å². The molecule has 0 radical (unpaired) electrons. The van der Waals surface area contributed by atoms with E-state index >= 15 is 0 Å². The van der Waals surface area contributed by atoms with Crippen molar-refractivity contribution in [1.82, 2.24) is 14.9 Å². The average Bonchev–Trinajstić information content (AvgIpc) is 3.27. The maximum Gasteiger partial charge on any atom is 0.260 e. The molecule has 128 valence electrons. The molecule has 0 aliphatic rings. The molecule has 0 aliphatic heterocycles. The van der Waals surface area contributed by atoms with Gasteiger partial charge in [-0.3, -0.25) is 9.69 Å². The van der Waals surface area contributed by atoms with Crippen LogP contribution in [0.3, 0.4) is 0 Å². The van der Waals surface area contributed by atoms with Gasteiger partial charge in [-0.2, -0.15) is 11.3 Å². The zero-order chi connectivity index (χ0) is 17.4. The summed E-state index contributed by atoms with van der Waals surface area (Å²) in [6.45, 7) is 3.54. The number of nitrogens with one attached hydrogen (secondary N) is 1. The third kappa shape index (κ3) is 3.46. The van der Waals surface area contributed by atoms with Gasteiger partial charge in [0.05, 0.1) is 11.9 Å². The summed E-state index contributed by atoms with van der Waals surface area (Å²) in [6, 6.07) is 6.28. The topological polar surface area (TPSA) is 49.0 Å². The highest BCUT2D eigenvalue weighted by Crippen LogP contribution is 2.34. The fourth-order valence-corrected chi connectivity index (χ4v) is 5.42. The smallest absolute Gasteiger partial charge is 0.260 e. The Morgan fingerprint density at radius 1 is 1.20 bits per heavy atom. The van der Waals surface area contributed by atoms with Crippen molar-refractivity contribution in [2.75, 3.05) is 7.05 Å². The van der Waals surface area contributed by atoms with Crippen LogP contribution in [0.1, 0.15) is 16.3 Å². The first-order chi connectivity index (χ1) is 12.1. The molecule has 4 nitrogen and oxygen atoms in total. The van der Waals surface area contributed by atoms with Gasteiger partial charge in [-0.15, -0.1) is 22.7 Å². The molecule has 7 heteroatoms. The Hall–Kier alpha value is -1.80. The first kappa shape index (κ1) is 16.7. The van der Waals surface area contributed by atoms with Gasteiger partial charge in [-0.25, -0.2) is 4.98 Å². The number of hydrogen-bond acceptors (Lipinski definition) is 6. The summed E-state index contributed by atoms with van der Waals surface area (Å²) in [5.74, 6) is 0.714. The molecule has 0 fully saturated rings. The van der Waals surface area contributed by atoms with Crippen LogP contribution in [0.5, 0.6) is 0 Å². The van der Waals surface area contributed by atoms with Crippen LogP contribution in [0, 0.1) is 6.92 Å². The molecule has 0 spiro atoms. The van der Waals surface area contributed by atoms with Gasteiger partial charge in [0.2, 0.25) is 0 Å². The van der Waals surface area contributed by atoms with Gasteiger partial charge in [0.1, 0.15) is 10.7 Å². The van der Waals surface area contributed by atoms with Crippen molar-refractivity contribution < 1.29 is 0 Å². The lowest BCUT2D eigenvalue weighted by Gasteiger charge is -2.14. The van der Waals surface area contributed by atoms with Crippen LogP contribution >= 0.6 is 34.0 Å². The number of aromatic nitrogens is 2. The van der Waals surface area contributed by atoms with E-state index < -0.39 is 0 Å². The molecule has 0 bridgehead atoms. The number of hydrogen-bond donors (Lipinski definition) is 1. The van der Waals surface area contributed by atoms with Gasteiger partial charge in [0.25, 0.3) is 5.56 Å². The molecule has 4 heterocycles. The first-order valence-electron chi connectivity index (χ1n) is 7.87. The lowest BCUT2D eigenvalue weighted by molar-refractivity contribution is 0.311. The zero-order valence-electron chi connectivity index (χ0n) is 13.9. The lowest BCUT2D eigenvalue weighted by atomic mass is 10.2. The van der Waals surface area contributed by atoms with Gasteiger partial charge in [-0.1, -0.05) is 0 Å². The predicted octanol–water partition coefficient (Wildman–Crippen LogP) is 4.72. The maximum absolute atomic E-state index is 12.7. The van der Waals surface area contributed by atoms with E-state index in [-0.39, 0.29) is 5.56 Å². The molecule has 0 aliphatic carbocycles. The van der Waals surface area contributed by atoms with Gasteiger partial charge in [0.15, 0.2) is 0 Å². The summed E-state index contributed by atoms with van der Waals surface area (Å²) in [6.07, 6.45) is 0. The molecule has 25 heavy (non-hydrogen) atoms. The van der Waals surface area contributed by atoms with Crippen LogP contribution in [0.4, 0.5) is 0 Å². The molecule has 4 aromatic heterocycles. The minimum Gasteiger partial charge on any atom is -0.309 e. The van der Waals surface area contributed by atoms with Gasteiger partial charge in [-0.05, 0) is 48.5 Å². The second-order valence-corrected chi connectivity index (χ2v) is 8.98. The van der Waals surface area contributed by atoms with Crippen LogP contribution < -0.4 is 5.56 Å². The van der Waals surface area contributed by atoms with E-state index in [4.69, 9.17) is 0 Å². The molecule has 0 atom stereocenters. The Kier molecular flexibility index (Phi) is 4.56. The molecule has 0 unspecified atom stereocenters. The summed E-state index contributed by atoms with van der Waals surface area (Å²) >= 11 is 4.94. The zero-order valence-corrected chi connectivity index (χ0v) is 16.4. The fraction of sp³-hybridized carbons (Fsp3) is 0.222. The summed E-state index contributed by atoms with van der Waals surface area (Å²) < 4.78 is 0. The van der Waals surface area contributed by atoms with Crippen molar-refractivity contribution in [3.63, 3.8) is 0 Å². The standard InChI is InChI=1S/C18H17N3OS3/c1-11-3-4-14(25-11)13-10-24-18-16(13)17(22)19-15(20-18)8-21(2)7-12-5-6-23-9-12/h3-6,9-10H,7-8H2,1-2H3,(H,19,20,22). The van der Waals surface area contributed by atoms with Gasteiger partial charge < -0.3 is 4.98 Å². The van der Waals surface area contributed by atoms with Crippen molar-refractivity contribution in [2.45, 2.75) is 20.0 Å². The number of H-pyrrole nitrogens is 1. The Bertz CT molecular complexity index is 1060. The number of thiophene rings is 3. The van der Waals surface area contributed by atoms with Crippen molar-refractivity contribution in [3.05, 3.63) is 61.0 Å². The predicted molar refractivity (Wildman–Crippen MR) is 108 cm³/mol. The van der Waals surface area contributed by atoms with Gasteiger partial charge >= 0.3 is 0 Å². The van der Waals surface area contributed by atoms with E-state index in [1.54, 1.807) is 22.7 Å². The minimum atomic E-state index is -0.0498. The van der Waals surface area contributed by atoms with E-state index in [0.717, 1.165) is 21.8 Å². The van der Waals surface area contributed by atoms with E-state index in [1.807, 2.05) is 12.4 Å². The molecular weight excluding hydrogens is 370 g/mol. The normalized spacial score (nSPS) is 11.6. The highest BCUT2D eigenvalue weighted by atomic mass is 32.1. The van der Waals surface area contributed by atoms with Crippen LogP contribution in [0.2, 0.25) is 0 Å². The number of fused-ring (bicyclic) bond motifs is 1. The highest BCUT2D eigenvalue weighted by Gasteiger charge is 2.15.